The Balaban J connectivity index is 2.19. The van der Waals surface area contributed by atoms with E-state index in [0.717, 1.165) is 5.56 Å². The lowest BCUT2D eigenvalue weighted by Gasteiger charge is -2.10. The number of hydrogen-bond acceptors (Lipinski definition) is 3. The summed E-state index contributed by atoms with van der Waals surface area (Å²) in [5.41, 5.74) is 1.77. The second-order valence-corrected chi connectivity index (χ2v) is 4.84. The van der Waals surface area contributed by atoms with Crippen LogP contribution in [0.4, 0.5) is 4.39 Å². The van der Waals surface area contributed by atoms with E-state index >= 15 is 0 Å². The fourth-order valence-electron chi connectivity index (χ4n) is 1.87. The third kappa shape index (κ3) is 4.42. The maximum absolute atomic E-state index is 12.9. The molecular formula is C18H14FNO3. The molecule has 0 aliphatic rings. The molecule has 0 saturated heterocycles. The van der Waals surface area contributed by atoms with Crippen molar-refractivity contribution >= 4 is 17.6 Å². The van der Waals surface area contributed by atoms with Crippen molar-refractivity contribution in [3.8, 4) is 11.8 Å². The Hall–Kier alpha value is -3.13. The Morgan fingerprint density at radius 3 is 2.35 bits per heavy atom. The van der Waals surface area contributed by atoms with Gasteiger partial charge in [-0.1, -0.05) is 24.3 Å². The molecule has 1 N–H and O–H groups in total. The molecule has 0 spiro atoms. The molecule has 116 valence electrons. The van der Waals surface area contributed by atoms with Gasteiger partial charge in [0.25, 0.3) is 0 Å². The monoisotopic (exact) mass is 311 g/mol. The average molecular weight is 311 g/mol. The maximum atomic E-state index is 12.9. The van der Waals surface area contributed by atoms with Gasteiger partial charge in [-0.05, 0) is 48.4 Å². The predicted molar refractivity (Wildman–Crippen MR) is 84.1 cm³/mol. The van der Waals surface area contributed by atoms with Gasteiger partial charge in [-0.25, -0.2) is 9.18 Å². The fourth-order valence-corrected chi connectivity index (χ4v) is 1.87. The minimum atomic E-state index is -1.04. The number of benzene rings is 2. The Morgan fingerprint density at radius 1 is 1.22 bits per heavy atom. The number of hydrogen-bond donors (Lipinski definition) is 1. The second-order valence-electron chi connectivity index (χ2n) is 4.84. The summed E-state index contributed by atoms with van der Waals surface area (Å²) in [4.78, 5) is 10.7. The van der Waals surface area contributed by atoms with E-state index in [1.54, 1.807) is 30.3 Å². The normalized spacial score (nSPS) is 12.3. The molecule has 0 radical (unpaired) electrons. The van der Waals surface area contributed by atoms with Crippen molar-refractivity contribution in [3.63, 3.8) is 0 Å². The van der Waals surface area contributed by atoms with Crippen LogP contribution in [0.2, 0.25) is 0 Å². The minimum absolute atomic E-state index is 0.361. The summed E-state index contributed by atoms with van der Waals surface area (Å²) in [7, 11) is 0. The third-order valence-corrected chi connectivity index (χ3v) is 3.13. The maximum Gasteiger partial charge on any atom is 0.344 e. The van der Waals surface area contributed by atoms with Gasteiger partial charge < -0.3 is 9.84 Å². The van der Waals surface area contributed by atoms with E-state index in [-0.39, 0.29) is 5.82 Å². The Morgan fingerprint density at radius 2 is 1.83 bits per heavy atom. The van der Waals surface area contributed by atoms with Gasteiger partial charge in [0.05, 0.1) is 11.6 Å². The molecule has 0 aliphatic heterocycles. The number of nitrogens with zero attached hydrogens (tertiary/aromatic N) is 1. The molecule has 0 saturated carbocycles. The fraction of sp³-hybridized carbons (Fsp3) is 0.111. The van der Waals surface area contributed by atoms with E-state index in [4.69, 9.17) is 9.84 Å². The number of ether oxygens (including phenoxy) is 1. The standard InChI is InChI=1S/C18H14FNO3/c1-12(18(21)22)23-17-8-2-13(3-9-17)10-15(11-20)14-4-6-16(19)7-5-14/h2-10,12H,1H3,(H,21,22)/b15-10-/t12-/m1/s1. The second kappa shape index (κ2) is 7.23. The highest BCUT2D eigenvalue weighted by Gasteiger charge is 2.12. The van der Waals surface area contributed by atoms with E-state index in [2.05, 4.69) is 6.07 Å². The summed E-state index contributed by atoms with van der Waals surface area (Å²) < 4.78 is 18.2. The first kappa shape index (κ1) is 16.2. The first-order chi connectivity index (χ1) is 11.0. The number of halogens is 1. The summed E-state index contributed by atoms with van der Waals surface area (Å²) in [5.74, 6) is -0.977. The van der Waals surface area contributed by atoms with Crippen LogP contribution in [0.15, 0.2) is 48.5 Å². The lowest BCUT2D eigenvalue weighted by molar-refractivity contribution is -0.144. The van der Waals surface area contributed by atoms with Crippen molar-refractivity contribution in [2.75, 3.05) is 0 Å². The van der Waals surface area contributed by atoms with Crippen molar-refractivity contribution in [3.05, 3.63) is 65.5 Å². The molecule has 1 atom stereocenters. The van der Waals surface area contributed by atoms with Crippen LogP contribution >= 0.6 is 0 Å². The van der Waals surface area contributed by atoms with Gasteiger partial charge in [0.15, 0.2) is 6.10 Å². The first-order valence-corrected chi connectivity index (χ1v) is 6.87. The number of allylic oxidation sites excluding steroid dienone is 1. The highest BCUT2D eigenvalue weighted by atomic mass is 19.1. The van der Waals surface area contributed by atoms with Crippen molar-refractivity contribution < 1.29 is 19.0 Å². The van der Waals surface area contributed by atoms with E-state index < -0.39 is 12.1 Å². The van der Waals surface area contributed by atoms with Crippen LogP contribution in [-0.4, -0.2) is 17.2 Å². The number of carboxylic acid groups (broad SMARTS) is 1. The molecule has 2 rings (SSSR count). The van der Waals surface area contributed by atoms with Crippen molar-refractivity contribution in [1.82, 2.24) is 0 Å². The van der Waals surface area contributed by atoms with Crippen molar-refractivity contribution in [2.45, 2.75) is 13.0 Å². The van der Waals surface area contributed by atoms with E-state index in [1.165, 1.54) is 31.2 Å². The molecule has 0 unspecified atom stereocenters. The van der Waals surface area contributed by atoms with Gasteiger partial charge in [-0.2, -0.15) is 5.26 Å². The van der Waals surface area contributed by atoms with Crippen LogP contribution in [0.5, 0.6) is 5.75 Å². The van der Waals surface area contributed by atoms with Gasteiger partial charge in [0, 0.05) is 0 Å². The molecule has 2 aromatic carbocycles. The number of nitriles is 1. The highest BCUT2D eigenvalue weighted by Crippen LogP contribution is 2.20. The van der Waals surface area contributed by atoms with E-state index in [0.29, 0.717) is 16.9 Å². The smallest absolute Gasteiger partial charge is 0.344 e. The molecule has 2 aromatic rings. The molecule has 4 nitrogen and oxygen atoms in total. The Bertz CT molecular complexity index is 758. The molecule has 0 aromatic heterocycles. The van der Waals surface area contributed by atoms with Gasteiger partial charge in [-0.3, -0.25) is 0 Å². The third-order valence-electron chi connectivity index (χ3n) is 3.13. The van der Waals surface area contributed by atoms with Crippen LogP contribution in [0, 0.1) is 17.1 Å². The Labute approximate surface area is 133 Å². The van der Waals surface area contributed by atoms with Gasteiger partial charge in [0.2, 0.25) is 0 Å². The quantitative estimate of drug-likeness (QED) is 0.674. The summed E-state index contributed by atoms with van der Waals surface area (Å²) in [6, 6.07) is 14.4. The molecular weight excluding hydrogens is 297 g/mol. The zero-order valence-electron chi connectivity index (χ0n) is 12.4. The summed E-state index contributed by atoms with van der Waals surface area (Å²) in [6.45, 7) is 1.44. The predicted octanol–water partition coefficient (Wildman–Crippen LogP) is 3.74. The lowest BCUT2D eigenvalue weighted by Crippen LogP contribution is -2.22. The molecule has 5 heteroatoms. The molecule has 0 fully saturated rings. The van der Waals surface area contributed by atoms with Crippen LogP contribution in [0.25, 0.3) is 11.6 Å². The molecule has 0 heterocycles. The summed E-state index contributed by atoms with van der Waals surface area (Å²) >= 11 is 0. The SMILES string of the molecule is C[C@@H](Oc1ccc(/C=C(/C#N)c2ccc(F)cc2)cc1)C(=O)O. The van der Waals surface area contributed by atoms with Crippen LogP contribution < -0.4 is 4.74 Å². The lowest BCUT2D eigenvalue weighted by atomic mass is 10.0. The number of carbonyl (C=O) groups is 1. The first-order valence-electron chi connectivity index (χ1n) is 6.87. The number of aliphatic carboxylic acids is 1. The zero-order valence-corrected chi connectivity index (χ0v) is 12.4. The van der Waals surface area contributed by atoms with Gasteiger partial charge in [0.1, 0.15) is 11.6 Å². The minimum Gasteiger partial charge on any atom is -0.479 e. The van der Waals surface area contributed by atoms with Gasteiger partial charge >= 0.3 is 5.97 Å². The van der Waals surface area contributed by atoms with Crippen LogP contribution in [0.1, 0.15) is 18.1 Å². The molecule has 0 amide bonds. The van der Waals surface area contributed by atoms with Gasteiger partial charge in [-0.15, -0.1) is 0 Å². The van der Waals surface area contributed by atoms with Crippen molar-refractivity contribution in [1.29, 1.82) is 5.26 Å². The van der Waals surface area contributed by atoms with Crippen molar-refractivity contribution in [2.24, 2.45) is 0 Å². The highest BCUT2D eigenvalue weighted by molar-refractivity contribution is 5.89. The van der Waals surface area contributed by atoms with Crippen LogP contribution in [-0.2, 0) is 4.79 Å². The number of rotatable bonds is 5. The summed E-state index contributed by atoms with van der Waals surface area (Å²) in [6.07, 6.45) is 0.725. The summed E-state index contributed by atoms with van der Waals surface area (Å²) in [5, 5.41) is 18.0. The molecule has 0 aliphatic carbocycles. The van der Waals surface area contributed by atoms with E-state index in [9.17, 15) is 14.4 Å². The van der Waals surface area contributed by atoms with E-state index in [1.807, 2.05) is 0 Å². The van der Waals surface area contributed by atoms with Crippen LogP contribution in [0.3, 0.4) is 0 Å². The zero-order chi connectivity index (χ0) is 16.8. The topological polar surface area (TPSA) is 70.3 Å². The average Bonchev–Trinajstić information content (AvgIpc) is 2.55. The molecule has 23 heavy (non-hydrogen) atoms. The number of carboxylic acids is 1. The Kier molecular flexibility index (Phi) is 5.11. The molecule has 0 bridgehead atoms. The largest absolute Gasteiger partial charge is 0.479 e.